The molecule has 0 aliphatic carbocycles. The lowest BCUT2D eigenvalue weighted by Gasteiger charge is -2.34. The van der Waals surface area contributed by atoms with Crippen molar-refractivity contribution in [3.05, 3.63) is 65.2 Å². The summed E-state index contributed by atoms with van der Waals surface area (Å²) in [7, 11) is 0. The monoisotopic (exact) mass is 387 g/mol. The molecule has 2 aromatic carbocycles. The van der Waals surface area contributed by atoms with Crippen LogP contribution in [0.4, 0.5) is 5.69 Å². The van der Waals surface area contributed by atoms with Crippen LogP contribution in [-0.2, 0) is 11.3 Å². The lowest BCUT2D eigenvalue weighted by Crippen LogP contribution is -2.46. The van der Waals surface area contributed by atoms with Gasteiger partial charge in [-0.05, 0) is 36.6 Å². The normalized spacial score (nSPS) is 15.2. The van der Waals surface area contributed by atoms with Crippen molar-refractivity contribution in [1.82, 2.24) is 9.80 Å². The first-order valence-electron chi connectivity index (χ1n) is 9.46. The van der Waals surface area contributed by atoms with Crippen molar-refractivity contribution in [2.24, 2.45) is 0 Å². The Morgan fingerprint density at radius 1 is 0.963 bits per heavy atom. The zero-order chi connectivity index (χ0) is 18.4. The van der Waals surface area contributed by atoms with E-state index in [1.807, 2.05) is 19.9 Å². The molecule has 0 unspecified atom stereocenters. The first-order chi connectivity index (χ1) is 12.6. The third-order valence-corrected chi connectivity index (χ3v) is 5.04. The van der Waals surface area contributed by atoms with Gasteiger partial charge >= 0.3 is 0 Å². The van der Waals surface area contributed by atoms with E-state index < -0.39 is 0 Å². The van der Waals surface area contributed by atoms with Crippen molar-refractivity contribution in [1.29, 1.82) is 0 Å². The highest BCUT2D eigenvalue weighted by Gasteiger charge is 2.17. The summed E-state index contributed by atoms with van der Waals surface area (Å²) in [5.74, 6) is 0.102. The van der Waals surface area contributed by atoms with Crippen molar-refractivity contribution in [2.45, 2.75) is 26.8 Å². The smallest absolute Gasteiger partial charge is 0.225 e. The van der Waals surface area contributed by atoms with Gasteiger partial charge in [-0.2, -0.15) is 0 Å². The van der Waals surface area contributed by atoms with Gasteiger partial charge in [-0.3, -0.25) is 9.69 Å². The van der Waals surface area contributed by atoms with Gasteiger partial charge < -0.3 is 10.2 Å². The van der Waals surface area contributed by atoms with Gasteiger partial charge in [0.1, 0.15) is 0 Å². The van der Waals surface area contributed by atoms with E-state index in [1.54, 1.807) is 0 Å². The largest absolute Gasteiger partial charge is 0.326 e. The van der Waals surface area contributed by atoms with Crippen molar-refractivity contribution in [3.8, 4) is 0 Å². The topological polar surface area (TPSA) is 35.6 Å². The quantitative estimate of drug-likeness (QED) is 0.817. The number of benzene rings is 2. The summed E-state index contributed by atoms with van der Waals surface area (Å²) in [5, 5.41) is 3.06. The molecule has 1 heterocycles. The van der Waals surface area contributed by atoms with Gasteiger partial charge in [-0.1, -0.05) is 42.5 Å². The van der Waals surface area contributed by atoms with E-state index >= 15 is 0 Å². The standard InChI is InChI=1S/C22H29N3O.ClH/c1-18-8-9-19(2)21(16-18)23-22(26)10-11-24-12-14-25(15-13-24)17-20-6-4-3-5-7-20;/h3-9,16H,10-15,17H2,1-2H3,(H,23,26);1H. The minimum Gasteiger partial charge on any atom is -0.326 e. The molecule has 146 valence electrons. The Balaban J connectivity index is 0.00000261. The number of anilines is 1. The third kappa shape index (κ3) is 6.65. The zero-order valence-corrected chi connectivity index (χ0v) is 17.1. The molecule has 0 bridgehead atoms. The summed E-state index contributed by atoms with van der Waals surface area (Å²) in [6.07, 6.45) is 0.548. The molecule has 1 N–H and O–H groups in total. The van der Waals surface area contributed by atoms with Crippen LogP contribution in [0.1, 0.15) is 23.1 Å². The summed E-state index contributed by atoms with van der Waals surface area (Å²) in [6.45, 7) is 10.1. The highest BCUT2D eigenvalue weighted by molar-refractivity contribution is 5.91. The number of nitrogens with one attached hydrogen (secondary N) is 1. The Kier molecular flexibility index (Phi) is 8.29. The van der Waals surface area contributed by atoms with E-state index in [9.17, 15) is 4.79 Å². The fourth-order valence-electron chi connectivity index (χ4n) is 3.36. The summed E-state index contributed by atoms with van der Waals surface area (Å²) in [6, 6.07) is 16.8. The Hall–Kier alpha value is -1.88. The number of hydrogen-bond acceptors (Lipinski definition) is 3. The molecule has 4 nitrogen and oxygen atoms in total. The number of nitrogens with zero attached hydrogens (tertiary/aromatic N) is 2. The van der Waals surface area contributed by atoms with Crippen molar-refractivity contribution < 1.29 is 4.79 Å². The lowest BCUT2D eigenvalue weighted by atomic mass is 10.1. The number of amides is 1. The van der Waals surface area contributed by atoms with E-state index in [0.29, 0.717) is 6.42 Å². The van der Waals surface area contributed by atoms with Gasteiger partial charge in [0.25, 0.3) is 0 Å². The van der Waals surface area contributed by atoms with Crippen molar-refractivity contribution in [3.63, 3.8) is 0 Å². The second kappa shape index (κ2) is 10.5. The van der Waals surface area contributed by atoms with Crippen LogP contribution in [0, 0.1) is 13.8 Å². The Morgan fingerprint density at radius 2 is 1.63 bits per heavy atom. The molecule has 0 saturated carbocycles. The maximum absolute atomic E-state index is 12.3. The minimum atomic E-state index is 0. The van der Waals surface area contributed by atoms with Crippen LogP contribution in [0.2, 0.25) is 0 Å². The van der Waals surface area contributed by atoms with Crippen LogP contribution >= 0.6 is 12.4 Å². The van der Waals surface area contributed by atoms with Gasteiger partial charge in [0.15, 0.2) is 0 Å². The Bertz CT molecular complexity index is 728. The Morgan fingerprint density at radius 3 is 2.33 bits per heavy atom. The minimum absolute atomic E-state index is 0. The predicted octanol–water partition coefficient (Wildman–Crippen LogP) is 3.87. The molecule has 0 spiro atoms. The lowest BCUT2D eigenvalue weighted by molar-refractivity contribution is -0.116. The second-order valence-electron chi connectivity index (χ2n) is 7.22. The van der Waals surface area contributed by atoms with Gasteiger partial charge in [0.05, 0.1) is 0 Å². The predicted molar refractivity (Wildman–Crippen MR) is 115 cm³/mol. The van der Waals surface area contributed by atoms with Gasteiger partial charge in [-0.15, -0.1) is 12.4 Å². The molecule has 1 saturated heterocycles. The summed E-state index contributed by atoms with van der Waals surface area (Å²) in [5.41, 5.74) is 4.58. The number of halogens is 1. The number of aryl methyl sites for hydroxylation is 2. The molecule has 1 aliphatic rings. The highest BCUT2D eigenvalue weighted by atomic mass is 35.5. The molecule has 0 atom stereocenters. The van der Waals surface area contributed by atoms with Crippen LogP contribution < -0.4 is 5.32 Å². The maximum Gasteiger partial charge on any atom is 0.225 e. The number of carbonyl (C=O) groups excluding carboxylic acids is 1. The molecule has 3 rings (SSSR count). The molecular formula is C22H30ClN3O. The van der Waals surface area contributed by atoms with Gasteiger partial charge in [0, 0.05) is 51.4 Å². The third-order valence-electron chi connectivity index (χ3n) is 5.04. The summed E-state index contributed by atoms with van der Waals surface area (Å²) in [4.78, 5) is 17.2. The van der Waals surface area contributed by atoms with Crippen LogP contribution in [0.15, 0.2) is 48.5 Å². The first kappa shape index (κ1) is 21.4. The SMILES string of the molecule is Cc1ccc(C)c(NC(=O)CCN2CCN(Cc3ccccc3)CC2)c1.Cl. The fourth-order valence-corrected chi connectivity index (χ4v) is 3.36. The number of piperazine rings is 1. The Labute approximate surface area is 169 Å². The molecule has 27 heavy (non-hydrogen) atoms. The number of rotatable bonds is 6. The average molecular weight is 388 g/mol. The zero-order valence-electron chi connectivity index (χ0n) is 16.3. The summed E-state index contributed by atoms with van der Waals surface area (Å²) >= 11 is 0. The van der Waals surface area contributed by atoms with E-state index in [2.05, 4.69) is 57.6 Å². The average Bonchev–Trinajstić information content (AvgIpc) is 2.65. The fraction of sp³-hybridized carbons (Fsp3) is 0.409. The molecular weight excluding hydrogens is 358 g/mol. The summed E-state index contributed by atoms with van der Waals surface area (Å²) < 4.78 is 0. The first-order valence-corrected chi connectivity index (χ1v) is 9.46. The van der Waals surface area contributed by atoms with E-state index in [-0.39, 0.29) is 18.3 Å². The second-order valence-corrected chi connectivity index (χ2v) is 7.22. The van der Waals surface area contributed by atoms with Crippen molar-refractivity contribution >= 4 is 24.0 Å². The van der Waals surface area contributed by atoms with Crippen LogP contribution in [0.5, 0.6) is 0 Å². The van der Waals surface area contributed by atoms with E-state index in [1.165, 1.54) is 11.1 Å². The molecule has 2 aromatic rings. The molecule has 0 aromatic heterocycles. The molecule has 5 heteroatoms. The van der Waals surface area contributed by atoms with E-state index in [4.69, 9.17) is 0 Å². The van der Waals surface area contributed by atoms with Gasteiger partial charge in [0.2, 0.25) is 5.91 Å². The van der Waals surface area contributed by atoms with Crippen molar-refractivity contribution in [2.75, 3.05) is 38.0 Å². The number of carbonyl (C=O) groups is 1. The molecule has 0 radical (unpaired) electrons. The molecule has 1 aliphatic heterocycles. The highest BCUT2D eigenvalue weighted by Crippen LogP contribution is 2.16. The molecule has 1 amide bonds. The maximum atomic E-state index is 12.3. The van der Waals surface area contributed by atoms with Crippen LogP contribution in [0.3, 0.4) is 0 Å². The van der Waals surface area contributed by atoms with Gasteiger partial charge in [-0.25, -0.2) is 0 Å². The van der Waals surface area contributed by atoms with Crippen LogP contribution in [-0.4, -0.2) is 48.4 Å². The molecule has 1 fully saturated rings. The number of hydrogen-bond donors (Lipinski definition) is 1. The van der Waals surface area contributed by atoms with E-state index in [0.717, 1.165) is 50.5 Å². The van der Waals surface area contributed by atoms with Crippen LogP contribution in [0.25, 0.3) is 0 Å².